The lowest BCUT2D eigenvalue weighted by atomic mass is 10.2. The van der Waals surface area contributed by atoms with Crippen LogP contribution in [0.1, 0.15) is 5.69 Å². The van der Waals surface area contributed by atoms with E-state index in [4.69, 9.17) is 23.2 Å². The number of nitrogens with zero attached hydrogens (tertiary/aromatic N) is 4. The molecule has 2 aromatic heterocycles. The van der Waals surface area contributed by atoms with E-state index in [0.29, 0.717) is 32.3 Å². The van der Waals surface area contributed by atoms with E-state index < -0.39 is 0 Å². The van der Waals surface area contributed by atoms with Crippen LogP contribution in [0.25, 0.3) is 22.3 Å². The first-order valence-corrected chi connectivity index (χ1v) is 8.30. The lowest BCUT2D eigenvalue weighted by Crippen LogP contribution is -2.24. The quantitative estimate of drug-likeness (QED) is 0.531. The minimum atomic E-state index is -0.254. The van der Waals surface area contributed by atoms with Crippen molar-refractivity contribution >= 4 is 34.1 Å². The Morgan fingerprint density at radius 2 is 1.36 bits per heavy atom. The number of benzene rings is 2. The second-order valence-electron chi connectivity index (χ2n) is 5.57. The van der Waals surface area contributed by atoms with Crippen LogP contribution in [0.5, 0.6) is 0 Å². The van der Waals surface area contributed by atoms with Crippen LogP contribution in [-0.4, -0.2) is 19.6 Å². The molecule has 0 saturated heterocycles. The highest BCUT2D eigenvalue weighted by molar-refractivity contribution is 6.30. The van der Waals surface area contributed by atoms with E-state index in [-0.39, 0.29) is 5.56 Å². The molecule has 0 aliphatic rings. The van der Waals surface area contributed by atoms with Gasteiger partial charge in [-0.2, -0.15) is 14.9 Å². The molecular formula is C18H12Cl2N4O. The van der Waals surface area contributed by atoms with Crippen LogP contribution in [0.2, 0.25) is 10.0 Å². The second kappa shape index (κ2) is 6.02. The Kier molecular flexibility index (Phi) is 3.82. The van der Waals surface area contributed by atoms with E-state index in [2.05, 4.69) is 10.2 Å². The Labute approximate surface area is 153 Å². The van der Waals surface area contributed by atoms with Crippen molar-refractivity contribution in [2.75, 3.05) is 0 Å². The number of rotatable bonds is 2. The number of fused-ring (bicyclic) bond motifs is 1. The summed E-state index contributed by atoms with van der Waals surface area (Å²) in [5.74, 6) is 0. The molecule has 0 saturated carbocycles. The Morgan fingerprint density at radius 3 is 1.92 bits per heavy atom. The molecule has 0 amide bonds. The zero-order chi connectivity index (χ0) is 17.6. The second-order valence-corrected chi connectivity index (χ2v) is 6.45. The SMILES string of the molecule is Cc1nn(-c2ccc(Cl)cc2)c(=O)c2c1cnn2-c1ccc(Cl)cc1. The fraction of sp³-hybridized carbons (Fsp3) is 0.0556. The molecule has 0 bridgehead atoms. The molecule has 5 nitrogen and oxygen atoms in total. The first-order valence-electron chi connectivity index (χ1n) is 7.54. The lowest BCUT2D eigenvalue weighted by Gasteiger charge is -2.08. The van der Waals surface area contributed by atoms with Crippen LogP contribution in [-0.2, 0) is 0 Å². The number of aryl methyl sites for hydroxylation is 1. The normalized spacial score (nSPS) is 11.2. The van der Waals surface area contributed by atoms with E-state index in [1.54, 1.807) is 47.3 Å². The molecule has 0 radical (unpaired) electrons. The van der Waals surface area contributed by atoms with Gasteiger partial charge in [0.1, 0.15) is 5.52 Å². The van der Waals surface area contributed by atoms with E-state index in [1.165, 1.54) is 4.68 Å². The summed E-state index contributed by atoms with van der Waals surface area (Å²) in [7, 11) is 0. The summed E-state index contributed by atoms with van der Waals surface area (Å²) >= 11 is 11.9. The number of halogens is 2. The summed E-state index contributed by atoms with van der Waals surface area (Å²) in [5.41, 5.74) is 2.32. The summed E-state index contributed by atoms with van der Waals surface area (Å²) in [6.45, 7) is 1.85. The first-order chi connectivity index (χ1) is 12.0. The van der Waals surface area contributed by atoms with Gasteiger partial charge in [-0.3, -0.25) is 4.79 Å². The molecule has 7 heteroatoms. The molecule has 0 N–H and O–H groups in total. The highest BCUT2D eigenvalue weighted by Gasteiger charge is 2.15. The molecule has 124 valence electrons. The van der Waals surface area contributed by atoms with Gasteiger partial charge in [-0.15, -0.1) is 0 Å². The predicted octanol–water partition coefficient (Wildman–Crippen LogP) is 4.19. The van der Waals surface area contributed by atoms with Gasteiger partial charge in [0.15, 0.2) is 0 Å². The highest BCUT2D eigenvalue weighted by atomic mass is 35.5. The maximum absolute atomic E-state index is 13.1. The molecule has 25 heavy (non-hydrogen) atoms. The monoisotopic (exact) mass is 370 g/mol. The van der Waals surface area contributed by atoms with E-state index in [9.17, 15) is 4.79 Å². The number of hydrogen-bond acceptors (Lipinski definition) is 3. The van der Waals surface area contributed by atoms with Crippen molar-refractivity contribution in [2.45, 2.75) is 6.92 Å². The number of aromatic nitrogens is 4. The fourth-order valence-corrected chi connectivity index (χ4v) is 2.96. The topological polar surface area (TPSA) is 52.7 Å². The average Bonchev–Trinajstić information content (AvgIpc) is 3.06. The van der Waals surface area contributed by atoms with Crippen molar-refractivity contribution in [3.05, 3.63) is 80.8 Å². The molecular weight excluding hydrogens is 359 g/mol. The van der Waals surface area contributed by atoms with E-state index in [0.717, 1.165) is 5.69 Å². The summed E-state index contributed by atoms with van der Waals surface area (Å²) in [6, 6.07) is 14.1. The largest absolute Gasteiger partial charge is 0.298 e. The van der Waals surface area contributed by atoms with Gasteiger partial charge in [0.25, 0.3) is 5.56 Å². The predicted molar refractivity (Wildman–Crippen MR) is 99.2 cm³/mol. The third-order valence-corrected chi connectivity index (χ3v) is 4.45. The van der Waals surface area contributed by atoms with Crippen molar-refractivity contribution in [2.24, 2.45) is 0 Å². The minimum Gasteiger partial charge on any atom is -0.265 e. The van der Waals surface area contributed by atoms with Gasteiger partial charge in [-0.25, -0.2) is 4.68 Å². The van der Waals surface area contributed by atoms with Crippen LogP contribution in [0, 0.1) is 6.92 Å². The Hall–Kier alpha value is -2.63. The first kappa shape index (κ1) is 15.9. The number of hydrogen-bond donors (Lipinski definition) is 0. The zero-order valence-electron chi connectivity index (χ0n) is 13.1. The average molecular weight is 371 g/mol. The van der Waals surface area contributed by atoms with Crippen molar-refractivity contribution in [3.8, 4) is 11.4 Å². The highest BCUT2D eigenvalue weighted by Crippen LogP contribution is 2.20. The summed E-state index contributed by atoms with van der Waals surface area (Å²) in [6.07, 6.45) is 1.65. The Balaban J connectivity index is 2.00. The van der Waals surface area contributed by atoms with Crippen molar-refractivity contribution < 1.29 is 0 Å². The minimum absolute atomic E-state index is 0.254. The maximum Gasteiger partial charge on any atom is 0.298 e. The smallest absolute Gasteiger partial charge is 0.265 e. The molecule has 0 aliphatic heterocycles. The van der Waals surface area contributed by atoms with Crippen LogP contribution in [0.3, 0.4) is 0 Å². The van der Waals surface area contributed by atoms with Gasteiger partial charge >= 0.3 is 0 Å². The van der Waals surface area contributed by atoms with Gasteiger partial charge in [0.2, 0.25) is 0 Å². The molecule has 0 aliphatic carbocycles. The third kappa shape index (κ3) is 2.71. The lowest BCUT2D eigenvalue weighted by molar-refractivity contribution is 0.791. The van der Waals surface area contributed by atoms with E-state index >= 15 is 0 Å². The molecule has 0 fully saturated rings. The maximum atomic E-state index is 13.1. The fourth-order valence-electron chi connectivity index (χ4n) is 2.70. The van der Waals surface area contributed by atoms with Crippen molar-refractivity contribution in [1.82, 2.24) is 19.6 Å². The molecule has 0 spiro atoms. The summed E-state index contributed by atoms with van der Waals surface area (Å²) in [5, 5.41) is 10.7. The molecule has 2 heterocycles. The molecule has 0 unspecified atom stereocenters. The van der Waals surface area contributed by atoms with Crippen LogP contribution < -0.4 is 5.56 Å². The zero-order valence-corrected chi connectivity index (χ0v) is 14.7. The Morgan fingerprint density at radius 1 is 0.840 bits per heavy atom. The van der Waals surface area contributed by atoms with Gasteiger partial charge in [-0.1, -0.05) is 23.2 Å². The van der Waals surface area contributed by atoms with Crippen LogP contribution in [0.15, 0.2) is 59.5 Å². The van der Waals surface area contributed by atoms with Crippen LogP contribution >= 0.6 is 23.2 Å². The standard InChI is InChI=1S/C18H12Cl2N4O/c1-11-16-10-21-23(14-6-2-12(19)3-7-14)17(16)18(25)24(22-11)15-8-4-13(20)5-9-15/h2-10H,1H3. The van der Waals surface area contributed by atoms with Gasteiger partial charge in [-0.05, 0) is 55.5 Å². The Bertz CT molecular complexity index is 1130. The van der Waals surface area contributed by atoms with E-state index in [1.807, 2.05) is 19.1 Å². The molecule has 2 aromatic carbocycles. The molecule has 0 atom stereocenters. The third-order valence-electron chi connectivity index (χ3n) is 3.95. The van der Waals surface area contributed by atoms with Gasteiger partial charge in [0, 0.05) is 15.4 Å². The molecule has 4 rings (SSSR count). The van der Waals surface area contributed by atoms with Crippen molar-refractivity contribution in [1.29, 1.82) is 0 Å². The van der Waals surface area contributed by atoms with Crippen LogP contribution in [0.4, 0.5) is 0 Å². The summed E-state index contributed by atoms with van der Waals surface area (Å²) < 4.78 is 2.97. The molecule has 4 aromatic rings. The van der Waals surface area contributed by atoms with Gasteiger partial charge in [0.05, 0.1) is 23.3 Å². The van der Waals surface area contributed by atoms with Crippen molar-refractivity contribution in [3.63, 3.8) is 0 Å². The van der Waals surface area contributed by atoms with Gasteiger partial charge < -0.3 is 0 Å². The summed E-state index contributed by atoms with van der Waals surface area (Å²) in [4.78, 5) is 13.1.